The topological polar surface area (TPSA) is 211 Å². The van der Waals surface area contributed by atoms with Crippen molar-refractivity contribution in [2.75, 3.05) is 25.3 Å². The highest BCUT2D eigenvalue weighted by atomic mass is 35.5. The van der Waals surface area contributed by atoms with Crippen molar-refractivity contribution in [3.8, 4) is 0 Å². The van der Waals surface area contributed by atoms with Gasteiger partial charge in [-0.05, 0) is 89.8 Å². The summed E-state index contributed by atoms with van der Waals surface area (Å²) in [6.07, 6.45) is 2.02. The third kappa shape index (κ3) is 14.5. The molecule has 300 valence electrons. The van der Waals surface area contributed by atoms with Gasteiger partial charge >= 0.3 is 24.0 Å². The minimum Gasteiger partial charge on any atom is -0.467 e. The summed E-state index contributed by atoms with van der Waals surface area (Å²) < 4.78 is 49.9. The van der Waals surface area contributed by atoms with E-state index in [-0.39, 0.29) is 61.1 Å². The molecule has 0 fully saturated rings. The van der Waals surface area contributed by atoms with E-state index in [0.29, 0.717) is 35.6 Å². The number of halogens is 2. The zero-order chi connectivity index (χ0) is 40.8. The Morgan fingerprint density at radius 1 is 0.873 bits per heavy atom. The first-order valence-electron chi connectivity index (χ1n) is 17.2. The SMILES string of the molecule is CC(C(=O)c1cccc(Cl)c1)N(C(=O)OCOC(=O)CCCC(=O)OCCCCCOC(=O)c1cc(S(N)(=O)=O)c(Cl)cc1NCc1ccco1)C(C)(C)C. The number of hydrogen-bond acceptors (Lipinski definition) is 13. The number of unbranched alkanes of at least 4 members (excludes halogenated alkanes) is 2. The maximum absolute atomic E-state index is 13.1. The Kier molecular flexibility index (Phi) is 17.0. The molecular formula is C37H45Cl2N3O12S. The Balaban J connectivity index is 1.32. The fourth-order valence-electron chi connectivity index (χ4n) is 5.24. The van der Waals surface area contributed by atoms with E-state index in [9.17, 15) is 32.4 Å². The molecule has 55 heavy (non-hydrogen) atoms. The summed E-state index contributed by atoms with van der Waals surface area (Å²) in [5.74, 6) is -1.79. The third-order valence-corrected chi connectivity index (χ3v) is 9.49. The zero-order valence-electron chi connectivity index (χ0n) is 30.9. The molecule has 0 saturated carbocycles. The highest BCUT2D eigenvalue weighted by Crippen LogP contribution is 2.29. The van der Waals surface area contributed by atoms with Gasteiger partial charge in [-0.3, -0.25) is 19.3 Å². The Labute approximate surface area is 329 Å². The van der Waals surface area contributed by atoms with Gasteiger partial charge in [0, 0.05) is 29.0 Å². The summed E-state index contributed by atoms with van der Waals surface area (Å²) in [7, 11) is -4.22. The van der Waals surface area contributed by atoms with E-state index in [2.05, 4.69) is 5.32 Å². The third-order valence-electron chi connectivity index (χ3n) is 7.88. The van der Waals surface area contributed by atoms with Crippen molar-refractivity contribution in [1.29, 1.82) is 0 Å². The van der Waals surface area contributed by atoms with E-state index in [4.69, 9.17) is 51.7 Å². The smallest absolute Gasteiger partial charge is 0.413 e. The van der Waals surface area contributed by atoms with Gasteiger partial charge in [-0.1, -0.05) is 35.3 Å². The standard InChI is InChI=1S/C37H45Cl2N3O12S/c1-24(34(45)25-11-8-12-26(38)19-25)42(37(2,3)4)36(47)54-23-53-33(44)15-9-14-32(43)51-16-6-5-7-17-52-35(46)28-20-31(55(40,48)49)29(39)21-30(28)41-22-27-13-10-18-50-27/h8,10-13,18-21,24,41H,5-7,9,14-17,22-23H2,1-4H3,(H2,40,48,49). The van der Waals surface area contributed by atoms with Crippen molar-refractivity contribution in [2.24, 2.45) is 5.14 Å². The molecule has 0 radical (unpaired) electrons. The molecule has 0 spiro atoms. The van der Waals surface area contributed by atoms with Gasteiger partial charge in [0.15, 0.2) is 5.78 Å². The second-order valence-electron chi connectivity index (χ2n) is 13.2. The van der Waals surface area contributed by atoms with Crippen molar-refractivity contribution in [3.63, 3.8) is 0 Å². The normalized spacial score (nSPS) is 12.0. The van der Waals surface area contributed by atoms with Crippen LogP contribution in [0.1, 0.15) is 92.7 Å². The van der Waals surface area contributed by atoms with Gasteiger partial charge in [-0.2, -0.15) is 0 Å². The number of nitrogens with two attached hydrogens (primary N) is 1. The van der Waals surface area contributed by atoms with Crippen molar-refractivity contribution in [1.82, 2.24) is 4.90 Å². The molecule has 0 bridgehead atoms. The first kappa shape index (κ1) is 44.8. The number of sulfonamides is 1. The number of Topliss-reactive ketones (excluding diaryl/α,β-unsaturated/α-hetero) is 1. The lowest BCUT2D eigenvalue weighted by atomic mass is 9.98. The lowest BCUT2D eigenvalue weighted by Gasteiger charge is -2.38. The minimum absolute atomic E-state index is 0.00353. The molecule has 0 saturated heterocycles. The molecule has 1 aromatic heterocycles. The molecule has 18 heteroatoms. The van der Waals surface area contributed by atoms with Gasteiger partial charge < -0.3 is 28.7 Å². The van der Waals surface area contributed by atoms with Crippen LogP contribution in [-0.4, -0.2) is 74.7 Å². The monoisotopic (exact) mass is 825 g/mol. The first-order chi connectivity index (χ1) is 25.9. The van der Waals surface area contributed by atoms with Crippen LogP contribution in [0.25, 0.3) is 0 Å². The molecule has 1 atom stereocenters. The molecule has 3 N–H and O–H groups in total. The number of nitrogens with one attached hydrogen (secondary N) is 1. The van der Waals surface area contributed by atoms with Crippen molar-refractivity contribution in [3.05, 3.63) is 81.7 Å². The van der Waals surface area contributed by atoms with Crippen LogP contribution in [0.15, 0.2) is 64.1 Å². The molecular weight excluding hydrogens is 781 g/mol. The number of esters is 3. The van der Waals surface area contributed by atoms with Crippen LogP contribution >= 0.6 is 23.2 Å². The maximum Gasteiger partial charge on any atom is 0.413 e. The number of carbonyl (C=O) groups is 5. The largest absolute Gasteiger partial charge is 0.467 e. The van der Waals surface area contributed by atoms with Gasteiger partial charge in [0.05, 0.1) is 48.3 Å². The number of primary sulfonamides is 1. The Morgan fingerprint density at radius 3 is 2.16 bits per heavy atom. The highest BCUT2D eigenvalue weighted by molar-refractivity contribution is 7.89. The van der Waals surface area contributed by atoms with E-state index < -0.39 is 57.3 Å². The number of furan rings is 1. The van der Waals surface area contributed by atoms with Crippen LogP contribution in [0.2, 0.25) is 10.0 Å². The molecule has 3 aromatic rings. The molecule has 3 rings (SSSR count). The summed E-state index contributed by atoms with van der Waals surface area (Å²) in [5, 5.41) is 8.44. The lowest BCUT2D eigenvalue weighted by Crippen LogP contribution is -2.53. The van der Waals surface area contributed by atoms with Gasteiger partial charge in [0.25, 0.3) is 0 Å². The first-order valence-corrected chi connectivity index (χ1v) is 19.6. The fourth-order valence-corrected chi connectivity index (χ4v) is 6.53. The number of carbonyl (C=O) groups excluding carboxylic acids is 5. The molecule has 0 aliphatic heterocycles. The lowest BCUT2D eigenvalue weighted by molar-refractivity contribution is -0.153. The van der Waals surface area contributed by atoms with Crippen LogP contribution in [0.4, 0.5) is 10.5 Å². The molecule has 1 heterocycles. The number of ether oxygens (including phenoxy) is 4. The average Bonchev–Trinajstić information content (AvgIpc) is 3.62. The van der Waals surface area contributed by atoms with E-state index >= 15 is 0 Å². The van der Waals surface area contributed by atoms with Gasteiger partial charge in [-0.15, -0.1) is 0 Å². The summed E-state index contributed by atoms with van der Waals surface area (Å²) in [6.45, 7) is 6.39. The number of benzene rings is 2. The van der Waals surface area contributed by atoms with E-state index in [1.807, 2.05) is 0 Å². The van der Waals surface area contributed by atoms with E-state index in [0.717, 1.165) is 6.07 Å². The van der Waals surface area contributed by atoms with E-state index in [1.54, 1.807) is 58.0 Å². The van der Waals surface area contributed by atoms with Crippen molar-refractivity contribution >= 4 is 68.7 Å². The predicted molar refractivity (Wildman–Crippen MR) is 202 cm³/mol. The summed E-state index contributed by atoms with van der Waals surface area (Å²) in [4.78, 5) is 64.0. The second-order valence-corrected chi connectivity index (χ2v) is 15.6. The van der Waals surface area contributed by atoms with Crippen LogP contribution < -0.4 is 10.5 Å². The summed E-state index contributed by atoms with van der Waals surface area (Å²) in [6, 6.07) is 11.2. The predicted octanol–water partition coefficient (Wildman–Crippen LogP) is 6.90. The zero-order valence-corrected chi connectivity index (χ0v) is 33.3. The van der Waals surface area contributed by atoms with Gasteiger partial charge in [-0.25, -0.2) is 23.1 Å². The van der Waals surface area contributed by atoms with Gasteiger partial charge in [0.2, 0.25) is 16.8 Å². The number of hydrogen-bond donors (Lipinski definition) is 2. The van der Waals surface area contributed by atoms with Gasteiger partial charge in [0.1, 0.15) is 10.7 Å². The number of anilines is 1. The molecule has 0 aliphatic rings. The Morgan fingerprint density at radius 2 is 1.55 bits per heavy atom. The number of amides is 1. The maximum atomic E-state index is 13.1. The molecule has 15 nitrogen and oxygen atoms in total. The molecule has 0 aliphatic carbocycles. The molecule has 2 aromatic carbocycles. The fraction of sp³-hybridized carbons (Fsp3) is 0.432. The Bertz CT molecular complexity index is 1910. The molecule has 1 amide bonds. The van der Waals surface area contributed by atoms with Crippen LogP contribution in [0.5, 0.6) is 0 Å². The molecule has 1 unspecified atom stereocenters. The second kappa shape index (κ2) is 20.9. The van der Waals surface area contributed by atoms with Crippen LogP contribution in [0, 0.1) is 0 Å². The van der Waals surface area contributed by atoms with Crippen LogP contribution in [-0.2, 0) is 45.1 Å². The minimum atomic E-state index is -4.22. The highest BCUT2D eigenvalue weighted by Gasteiger charge is 2.36. The Hall–Kier alpha value is -4.64. The average molecular weight is 827 g/mol. The quantitative estimate of drug-likeness (QED) is 0.0391. The number of rotatable bonds is 20. The summed E-state index contributed by atoms with van der Waals surface area (Å²) >= 11 is 12.1. The van der Waals surface area contributed by atoms with Crippen molar-refractivity contribution < 1.29 is 55.8 Å². The van der Waals surface area contributed by atoms with Crippen LogP contribution in [0.3, 0.4) is 0 Å². The number of nitrogens with zero attached hydrogens (tertiary/aromatic N) is 1. The van der Waals surface area contributed by atoms with E-state index in [1.165, 1.54) is 23.3 Å². The van der Waals surface area contributed by atoms with Crippen molar-refractivity contribution in [2.45, 2.75) is 89.2 Å². The summed E-state index contributed by atoms with van der Waals surface area (Å²) in [5.41, 5.74) is -0.343. The number of ketones is 1.